The third-order valence-electron chi connectivity index (χ3n) is 5.53. The molecule has 2 aromatic carbocycles. The maximum absolute atomic E-state index is 11.8. The Balaban J connectivity index is 1.78. The monoisotopic (exact) mass is 364 g/mol. The first kappa shape index (κ1) is 17.7. The minimum absolute atomic E-state index is 0.179. The molecule has 1 N–H and O–H groups in total. The van der Waals surface area contributed by atoms with Crippen molar-refractivity contribution in [2.75, 3.05) is 13.1 Å². The molecule has 1 saturated heterocycles. The van der Waals surface area contributed by atoms with Gasteiger partial charge in [0.25, 0.3) is 0 Å². The van der Waals surface area contributed by atoms with Crippen LogP contribution in [-0.4, -0.2) is 34.0 Å². The number of aromatic carboxylic acids is 1. The molecule has 0 spiro atoms. The SMILES string of the molecule is Cc1cccc(-c2nc3cc(CN4CC[C@@H](C)C4)cc(C(=O)O)c3o2)c1C. The minimum atomic E-state index is -0.986. The van der Waals surface area contributed by atoms with Gasteiger partial charge < -0.3 is 9.52 Å². The number of nitrogens with zero attached hydrogens (tertiary/aromatic N) is 2. The smallest absolute Gasteiger partial charge is 0.339 e. The summed E-state index contributed by atoms with van der Waals surface area (Å²) < 4.78 is 5.92. The number of oxazole rings is 1. The number of carbonyl (C=O) groups is 1. The molecule has 1 aliphatic rings. The van der Waals surface area contributed by atoms with Crippen LogP contribution in [0, 0.1) is 19.8 Å². The molecule has 1 aromatic heterocycles. The second kappa shape index (κ2) is 6.82. The predicted molar refractivity (Wildman–Crippen MR) is 105 cm³/mol. The molecule has 1 fully saturated rings. The zero-order valence-electron chi connectivity index (χ0n) is 16.0. The molecule has 0 saturated carbocycles. The number of carboxylic acid groups (broad SMARTS) is 1. The largest absolute Gasteiger partial charge is 0.478 e. The number of hydrogen-bond donors (Lipinski definition) is 1. The van der Waals surface area contributed by atoms with Gasteiger partial charge in [0.15, 0.2) is 5.58 Å². The van der Waals surface area contributed by atoms with Crippen molar-refractivity contribution >= 4 is 17.1 Å². The summed E-state index contributed by atoms with van der Waals surface area (Å²) in [5.41, 5.74) is 5.24. The number of hydrogen-bond acceptors (Lipinski definition) is 4. The van der Waals surface area contributed by atoms with Crippen molar-refractivity contribution in [3.63, 3.8) is 0 Å². The van der Waals surface area contributed by atoms with Crippen molar-refractivity contribution in [2.24, 2.45) is 5.92 Å². The van der Waals surface area contributed by atoms with E-state index in [2.05, 4.69) is 16.8 Å². The maximum Gasteiger partial charge on any atom is 0.339 e. The van der Waals surface area contributed by atoms with Gasteiger partial charge in [-0.3, -0.25) is 4.90 Å². The molecule has 0 aliphatic carbocycles. The lowest BCUT2D eigenvalue weighted by Gasteiger charge is -2.15. The molecule has 4 rings (SSSR count). The topological polar surface area (TPSA) is 66.6 Å². The van der Waals surface area contributed by atoms with E-state index in [1.54, 1.807) is 6.07 Å². The molecule has 0 bridgehead atoms. The van der Waals surface area contributed by atoms with Crippen LogP contribution in [0.25, 0.3) is 22.6 Å². The van der Waals surface area contributed by atoms with Gasteiger partial charge in [0.05, 0.1) is 0 Å². The van der Waals surface area contributed by atoms with Gasteiger partial charge >= 0.3 is 5.97 Å². The third-order valence-corrected chi connectivity index (χ3v) is 5.53. The summed E-state index contributed by atoms with van der Waals surface area (Å²) in [5.74, 6) is 0.177. The lowest BCUT2D eigenvalue weighted by atomic mass is 10.0. The third kappa shape index (κ3) is 3.35. The van der Waals surface area contributed by atoms with Crippen LogP contribution < -0.4 is 0 Å². The van der Waals surface area contributed by atoms with Gasteiger partial charge in [-0.15, -0.1) is 0 Å². The maximum atomic E-state index is 11.8. The Bertz CT molecular complexity index is 1020. The van der Waals surface area contributed by atoms with E-state index in [0.717, 1.165) is 41.9 Å². The molecular formula is C22H24N2O3. The highest BCUT2D eigenvalue weighted by atomic mass is 16.4. The zero-order valence-corrected chi connectivity index (χ0v) is 16.0. The Hall–Kier alpha value is -2.66. The van der Waals surface area contributed by atoms with Crippen LogP contribution in [-0.2, 0) is 6.54 Å². The van der Waals surface area contributed by atoms with Crippen LogP contribution in [0.1, 0.15) is 40.4 Å². The molecule has 140 valence electrons. The Morgan fingerprint density at radius 2 is 2.15 bits per heavy atom. The molecule has 0 radical (unpaired) electrons. The van der Waals surface area contributed by atoms with E-state index >= 15 is 0 Å². The van der Waals surface area contributed by atoms with Crippen LogP contribution in [0.2, 0.25) is 0 Å². The van der Waals surface area contributed by atoms with E-state index in [1.165, 1.54) is 6.42 Å². The summed E-state index contributed by atoms with van der Waals surface area (Å²) >= 11 is 0. The highest BCUT2D eigenvalue weighted by Gasteiger charge is 2.22. The van der Waals surface area contributed by atoms with Gasteiger partial charge in [0.2, 0.25) is 5.89 Å². The Labute approximate surface area is 158 Å². The van der Waals surface area contributed by atoms with Crippen molar-refractivity contribution in [3.05, 3.63) is 52.6 Å². The van der Waals surface area contributed by atoms with Crippen molar-refractivity contribution in [3.8, 4) is 11.5 Å². The predicted octanol–water partition coefficient (Wildman–Crippen LogP) is 4.65. The number of aromatic nitrogens is 1. The normalized spacial score (nSPS) is 17.7. The summed E-state index contributed by atoms with van der Waals surface area (Å²) in [4.78, 5) is 18.8. The fourth-order valence-corrected chi connectivity index (χ4v) is 3.87. The van der Waals surface area contributed by atoms with Crippen molar-refractivity contribution < 1.29 is 14.3 Å². The molecule has 27 heavy (non-hydrogen) atoms. The number of fused-ring (bicyclic) bond motifs is 1. The van der Waals surface area contributed by atoms with Gasteiger partial charge in [-0.25, -0.2) is 9.78 Å². The van der Waals surface area contributed by atoms with Crippen LogP contribution in [0.15, 0.2) is 34.7 Å². The van der Waals surface area contributed by atoms with Crippen LogP contribution in [0.5, 0.6) is 0 Å². The fourth-order valence-electron chi connectivity index (χ4n) is 3.87. The average Bonchev–Trinajstić information content (AvgIpc) is 3.22. The summed E-state index contributed by atoms with van der Waals surface area (Å²) in [6.45, 7) is 9.16. The molecule has 1 aliphatic heterocycles. The summed E-state index contributed by atoms with van der Waals surface area (Å²) in [5, 5.41) is 9.69. The van der Waals surface area contributed by atoms with E-state index in [0.29, 0.717) is 22.9 Å². The van der Waals surface area contributed by atoms with E-state index in [-0.39, 0.29) is 5.56 Å². The first-order valence-corrected chi connectivity index (χ1v) is 9.38. The van der Waals surface area contributed by atoms with Gasteiger partial charge in [-0.1, -0.05) is 19.1 Å². The van der Waals surface area contributed by atoms with E-state index < -0.39 is 5.97 Å². The number of likely N-dealkylation sites (tertiary alicyclic amines) is 1. The van der Waals surface area contributed by atoms with E-state index in [1.807, 2.05) is 38.1 Å². The first-order valence-electron chi connectivity index (χ1n) is 9.38. The molecule has 0 unspecified atom stereocenters. The molecule has 0 amide bonds. The number of carboxylic acids is 1. The van der Waals surface area contributed by atoms with Gasteiger partial charge in [-0.05, 0) is 67.6 Å². The van der Waals surface area contributed by atoms with Crippen LogP contribution in [0.4, 0.5) is 0 Å². The standard InChI is InChI=1S/C22H24N2O3/c1-13-7-8-24(11-13)12-16-9-18(22(25)26)20-19(10-16)23-21(27-20)17-6-4-5-14(2)15(17)3/h4-6,9-10,13H,7-8,11-12H2,1-3H3,(H,25,26)/t13-/m1/s1. The Morgan fingerprint density at radius 3 is 2.85 bits per heavy atom. The van der Waals surface area contributed by atoms with Gasteiger partial charge in [0, 0.05) is 18.7 Å². The highest BCUT2D eigenvalue weighted by molar-refractivity contribution is 6.01. The number of aryl methyl sites for hydroxylation is 1. The number of rotatable bonds is 4. The van der Waals surface area contributed by atoms with Crippen LogP contribution >= 0.6 is 0 Å². The molecule has 1 atom stereocenters. The first-order chi connectivity index (χ1) is 12.9. The zero-order chi connectivity index (χ0) is 19.1. The van der Waals surface area contributed by atoms with Crippen LogP contribution in [0.3, 0.4) is 0 Å². The van der Waals surface area contributed by atoms with Gasteiger partial charge in [-0.2, -0.15) is 0 Å². The Morgan fingerprint density at radius 1 is 1.33 bits per heavy atom. The lowest BCUT2D eigenvalue weighted by molar-refractivity contribution is 0.0697. The molecule has 2 heterocycles. The van der Waals surface area contributed by atoms with E-state index in [9.17, 15) is 9.90 Å². The highest BCUT2D eigenvalue weighted by Crippen LogP contribution is 2.31. The molecular weight excluding hydrogens is 340 g/mol. The molecule has 5 nitrogen and oxygen atoms in total. The second-order valence-electron chi connectivity index (χ2n) is 7.69. The summed E-state index contributed by atoms with van der Waals surface area (Å²) in [7, 11) is 0. The van der Waals surface area contributed by atoms with E-state index in [4.69, 9.17) is 4.42 Å². The molecule has 5 heteroatoms. The van der Waals surface area contributed by atoms with Crippen molar-refractivity contribution in [1.29, 1.82) is 0 Å². The quantitative estimate of drug-likeness (QED) is 0.730. The average molecular weight is 364 g/mol. The summed E-state index contributed by atoms with van der Waals surface area (Å²) in [6, 6.07) is 9.65. The lowest BCUT2D eigenvalue weighted by Crippen LogP contribution is -2.19. The molecule has 3 aromatic rings. The minimum Gasteiger partial charge on any atom is -0.478 e. The van der Waals surface area contributed by atoms with Gasteiger partial charge in [0.1, 0.15) is 11.1 Å². The summed E-state index contributed by atoms with van der Waals surface area (Å²) in [6.07, 6.45) is 1.19. The number of benzene rings is 2. The Kier molecular flexibility index (Phi) is 4.48. The van der Waals surface area contributed by atoms with Crippen molar-refractivity contribution in [2.45, 2.75) is 33.7 Å². The van der Waals surface area contributed by atoms with Crippen molar-refractivity contribution in [1.82, 2.24) is 9.88 Å². The second-order valence-corrected chi connectivity index (χ2v) is 7.69. The fraction of sp³-hybridized carbons (Fsp3) is 0.364.